The third-order valence-electron chi connectivity index (χ3n) is 6.81. The van der Waals surface area contributed by atoms with Gasteiger partial charge in [-0.1, -0.05) is 39.5 Å². The normalized spacial score (nSPS) is 25.2. The molecule has 4 aliphatic rings. The van der Waals surface area contributed by atoms with E-state index in [2.05, 4.69) is 5.32 Å². The number of nitrogens with one attached hydrogen (secondary N) is 1. The highest BCUT2D eigenvalue weighted by atomic mass is 32.1. The predicted molar refractivity (Wildman–Crippen MR) is 149 cm³/mol. The highest BCUT2D eigenvalue weighted by molar-refractivity contribution is 7.59. The smallest absolute Gasteiger partial charge is 0.444 e. The molecule has 12 heteroatoms. The Bertz CT molecular complexity index is 683. The summed E-state index contributed by atoms with van der Waals surface area (Å²) in [5.74, 6) is 0. The molecule has 222 valence electrons. The Morgan fingerprint density at radius 2 is 1.43 bits per heavy atom. The molecule has 7 nitrogen and oxygen atoms in total. The highest BCUT2D eigenvalue weighted by Crippen LogP contribution is 2.40. The first-order valence-corrected chi connectivity index (χ1v) is 12.6. The zero-order chi connectivity index (χ0) is 27.6. The number of halogens is 3. The second-order valence-electron chi connectivity index (χ2n) is 10.6. The fourth-order valence-corrected chi connectivity index (χ4v) is 4.89. The quantitative estimate of drug-likeness (QED) is 0.401. The zero-order valence-electron chi connectivity index (χ0n) is 23.6. The summed E-state index contributed by atoms with van der Waals surface area (Å²) < 4.78 is 42.8. The molecule has 0 aromatic carbocycles. The van der Waals surface area contributed by atoms with Crippen LogP contribution in [-0.2, 0) is 9.53 Å². The number of aliphatic hydroxyl groups is 2. The molecule has 2 heterocycles. The van der Waals surface area contributed by atoms with Crippen LogP contribution in [0, 0.1) is 0 Å². The molecule has 2 saturated carbocycles. The lowest BCUT2D eigenvalue weighted by Crippen LogP contribution is -2.62. The van der Waals surface area contributed by atoms with Gasteiger partial charge in [0.15, 0.2) is 0 Å². The van der Waals surface area contributed by atoms with E-state index in [4.69, 9.17) is 10.9 Å². The molecule has 0 unspecified atom stereocenters. The molecule has 2 atom stereocenters. The standard InChI is InChI=1S/C13H23NO3.C8H15NO.C2HF3O.C2H6.2H2S/c1-12(2,3)17-11(15)14-9-6-10(14)13(16)7-4-5-8-13;10-8(4-1-2-5-8)7-3-6-9-7;3-2(4,5)1-6;1-2;;/h10,16H,4-9H2,1-3H3;7,9-10H,1-6H2;1H;1-2H3;2*1H2/t10-;7-;;;;/m00..../s1/i;;;1D;;. The van der Waals surface area contributed by atoms with Crippen LogP contribution in [0.15, 0.2) is 0 Å². The van der Waals surface area contributed by atoms with Crippen molar-refractivity contribution in [3.8, 4) is 0 Å². The van der Waals surface area contributed by atoms with Gasteiger partial charge in [0, 0.05) is 14.0 Å². The average molecular weight is 580 g/mol. The molecule has 3 N–H and O–H groups in total. The van der Waals surface area contributed by atoms with Crippen LogP contribution >= 0.6 is 27.0 Å². The summed E-state index contributed by atoms with van der Waals surface area (Å²) in [6, 6.07) is 0.398. The van der Waals surface area contributed by atoms with Crippen LogP contribution in [0.3, 0.4) is 0 Å². The minimum atomic E-state index is -4.64. The lowest BCUT2D eigenvalue weighted by Gasteiger charge is -2.48. The van der Waals surface area contributed by atoms with Crippen molar-refractivity contribution >= 4 is 39.4 Å². The number of aldehydes is 1. The SMILES string of the molecule is CC(C)(C)OC(=O)N1CC[C@H]1C1(O)CCCC1.O=CC(F)(F)F.OC1([C@@H]2CCN2)CCCC1.S.S.[2H]CC. The van der Waals surface area contributed by atoms with E-state index in [1.165, 1.54) is 19.3 Å². The second kappa shape index (κ2) is 16.4. The molecular formula is C25H49F3N2O5S2. The first-order valence-electron chi connectivity index (χ1n) is 13.3. The van der Waals surface area contributed by atoms with Crippen LogP contribution in [0.4, 0.5) is 18.0 Å². The molecule has 0 aromatic rings. The first kappa shape index (κ1) is 36.3. The van der Waals surface area contributed by atoms with E-state index in [1.54, 1.807) is 11.8 Å². The maximum atomic E-state index is 11.9. The van der Waals surface area contributed by atoms with E-state index in [-0.39, 0.29) is 44.7 Å². The third-order valence-corrected chi connectivity index (χ3v) is 6.81. The summed E-state index contributed by atoms with van der Waals surface area (Å²) >= 11 is 0. The third kappa shape index (κ3) is 12.4. The number of rotatable bonds is 2. The molecule has 2 aliphatic heterocycles. The molecule has 0 aromatic heterocycles. The number of carbonyl (C=O) groups excluding carboxylic acids is 2. The van der Waals surface area contributed by atoms with Crippen molar-refractivity contribution in [2.24, 2.45) is 0 Å². The van der Waals surface area contributed by atoms with E-state index in [9.17, 15) is 28.2 Å². The maximum Gasteiger partial charge on any atom is 0.446 e. The average Bonchev–Trinajstić information content (AvgIpc) is 3.28. The predicted octanol–water partition coefficient (Wildman–Crippen LogP) is 4.95. The number of alkyl halides is 3. The molecule has 2 aliphatic carbocycles. The Hall–Kier alpha value is -0.690. The van der Waals surface area contributed by atoms with Crippen molar-refractivity contribution < 1.29 is 39.1 Å². The van der Waals surface area contributed by atoms with Crippen molar-refractivity contribution in [1.29, 1.82) is 0 Å². The minimum absolute atomic E-state index is 0. The Morgan fingerprint density at radius 1 is 1.03 bits per heavy atom. The van der Waals surface area contributed by atoms with Crippen LogP contribution in [0.25, 0.3) is 0 Å². The van der Waals surface area contributed by atoms with E-state index in [1.807, 2.05) is 20.8 Å². The number of amides is 1. The van der Waals surface area contributed by atoms with Gasteiger partial charge in [-0.15, -0.1) is 0 Å². The van der Waals surface area contributed by atoms with E-state index in [0.717, 1.165) is 51.5 Å². The van der Waals surface area contributed by atoms with Crippen LogP contribution in [0.1, 0.15) is 100 Å². The molecule has 1 amide bonds. The Labute approximate surface area is 235 Å². The van der Waals surface area contributed by atoms with Crippen molar-refractivity contribution in [3.63, 3.8) is 0 Å². The Balaban J connectivity index is 0. The summed E-state index contributed by atoms with van der Waals surface area (Å²) in [5.41, 5.74) is -1.44. The van der Waals surface area contributed by atoms with E-state index < -0.39 is 23.7 Å². The number of hydrogen-bond donors (Lipinski definition) is 3. The molecule has 37 heavy (non-hydrogen) atoms. The highest BCUT2D eigenvalue weighted by Gasteiger charge is 2.49. The second-order valence-corrected chi connectivity index (χ2v) is 10.6. The van der Waals surface area contributed by atoms with Gasteiger partial charge in [-0.25, -0.2) is 4.79 Å². The van der Waals surface area contributed by atoms with Crippen molar-refractivity contribution in [2.45, 2.75) is 134 Å². The largest absolute Gasteiger partial charge is 0.446 e. The Morgan fingerprint density at radius 3 is 1.70 bits per heavy atom. The van der Waals surface area contributed by atoms with Crippen molar-refractivity contribution in [1.82, 2.24) is 10.2 Å². The summed E-state index contributed by atoms with van der Waals surface area (Å²) in [6.45, 7) is 9.70. The monoisotopic (exact) mass is 579 g/mol. The summed E-state index contributed by atoms with van der Waals surface area (Å²) in [4.78, 5) is 22.3. The van der Waals surface area contributed by atoms with Gasteiger partial charge in [0.25, 0.3) is 0 Å². The van der Waals surface area contributed by atoms with Gasteiger partial charge in [-0.3, -0.25) is 4.79 Å². The van der Waals surface area contributed by atoms with Crippen molar-refractivity contribution in [3.05, 3.63) is 0 Å². The van der Waals surface area contributed by atoms with Gasteiger partial charge < -0.3 is 25.2 Å². The number of carbonyl (C=O) groups is 2. The minimum Gasteiger partial charge on any atom is -0.444 e. The topological polar surface area (TPSA) is 99.1 Å². The van der Waals surface area contributed by atoms with Crippen LogP contribution in [0.5, 0.6) is 0 Å². The molecule has 4 rings (SSSR count). The van der Waals surface area contributed by atoms with Gasteiger partial charge in [0.2, 0.25) is 6.29 Å². The van der Waals surface area contributed by atoms with Gasteiger partial charge in [-0.2, -0.15) is 40.2 Å². The molecule has 0 radical (unpaired) electrons. The molecular weight excluding hydrogens is 529 g/mol. The first-order chi connectivity index (χ1) is 16.6. The summed E-state index contributed by atoms with van der Waals surface area (Å²) in [7, 11) is 0. The Kier molecular flexibility index (Phi) is 16.1. The fraction of sp³-hybridized carbons (Fsp3) is 0.920. The zero-order valence-corrected chi connectivity index (χ0v) is 24.6. The van der Waals surface area contributed by atoms with E-state index >= 15 is 0 Å². The van der Waals surface area contributed by atoms with Crippen LogP contribution < -0.4 is 5.32 Å². The molecule has 0 bridgehead atoms. The van der Waals surface area contributed by atoms with Gasteiger partial charge >= 0.3 is 12.3 Å². The van der Waals surface area contributed by atoms with Gasteiger partial charge in [0.05, 0.1) is 17.2 Å². The van der Waals surface area contributed by atoms with Crippen molar-refractivity contribution in [2.75, 3.05) is 13.1 Å². The number of likely N-dealkylation sites (tertiary alicyclic amines) is 1. The number of ether oxygens (including phenoxy) is 1. The summed E-state index contributed by atoms with van der Waals surface area (Å²) in [6.07, 6.45) is 4.32. The number of nitrogens with zero attached hydrogens (tertiary/aromatic N) is 1. The van der Waals surface area contributed by atoms with Crippen LogP contribution in [0.2, 0.25) is 0 Å². The maximum absolute atomic E-state index is 11.9. The molecule has 4 fully saturated rings. The molecule has 0 spiro atoms. The van der Waals surface area contributed by atoms with E-state index in [0.29, 0.717) is 19.5 Å². The fourth-order valence-electron chi connectivity index (χ4n) is 4.89. The van der Waals surface area contributed by atoms with Gasteiger partial charge in [-0.05, 0) is 65.8 Å². The number of hydrogen-bond acceptors (Lipinski definition) is 6. The lowest BCUT2D eigenvalue weighted by atomic mass is 9.84. The van der Waals surface area contributed by atoms with Gasteiger partial charge in [0.1, 0.15) is 5.60 Å². The molecule has 2 saturated heterocycles. The lowest BCUT2D eigenvalue weighted by molar-refractivity contribution is -0.156. The summed E-state index contributed by atoms with van der Waals surface area (Å²) in [5, 5.41) is 23.7. The van der Waals surface area contributed by atoms with Crippen LogP contribution in [-0.4, -0.2) is 75.6 Å².